The highest BCUT2D eigenvalue weighted by Crippen LogP contribution is 2.51. The van der Waals surface area contributed by atoms with Crippen molar-refractivity contribution in [3.63, 3.8) is 0 Å². The van der Waals surface area contributed by atoms with Crippen LogP contribution in [0.4, 0.5) is 11.4 Å². The maximum atomic E-state index is 14.1. The van der Waals surface area contributed by atoms with Gasteiger partial charge in [0.05, 0.1) is 33.6 Å². The van der Waals surface area contributed by atoms with Crippen molar-refractivity contribution < 1.29 is 9.53 Å². The molecule has 5 rings (SSSR count). The lowest BCUT2D eigenvalue weighted by Crippen LogP contribution is -2.56. The van der Waals surface area contributed by atoms with Crippen LogP contribution in [0.1, 0.15) is 69.1 Å². The Labute approximate surface area is 205 Å². The number of thiophene rings is 1. The predicted octanol–water partition coefficient (Wildman–Crippen LogP) is 6.75. The summed E-state index contributed by atoms with van der Waals surface area (Å²) in [6, 6.07) is 10.3. The maximum absolute atomic E-state index is 14.1. The lowest BCUT2D eigenvalue weighted by Gasteiger charge is -2.43. The highest BCUT2D eigenvalue weighted by atomic mass is 35.5. The first kappa shape index (κ1) is 22.9. The highest BCUT2D eigenvalue weighted by molar-refractivity contribution is 7.16. The molecule has 0 spiro atoms. The average molecular weight is 488 g/mol. The molecule has 2 unspecified atom stereocenters. The first-order chi connectivity index (χ1) is 16.1. The van der Waals surface area contributed by atoms with E-state index in [9.17, 15) is 4.79 Å². The molecular formula is C26H34ClN3O2S. The second-order valence-electron chi connectivity index (χ2n) is 9.79. The molecule has 33 heavy (non-hydrogen) atoms. The second kappa shape index (κ2) is 9.75. The van der Waals surface area contributed by atoms with Crippen LogP contribution in [0.5, 0.6) is 5.75 Å². The first-order valence-corrected chi connectivity index (χ1v) is 13.6. The van der Waals surface area contributed by atoms with Crippen LogP contribution in [0.2, 0.25) is 4.34 Å². The van der Waals surface area contributed by atoms with Crippen LogP contribution < -0.4 is 20.7 Å². The highest BCUT2D eigenvalue weighted by Gasteiger charge is 2.53. The van der Waals surface area contributed by atoms with E-state index in [-0.39, 0.29) is 17.9 Å². The van der Waals surface area contributed by atoms with Crippen molar-refractivity contribution in [1.29, 1.82) is 0 Å². The van der Waals surface area contributed by atoms with Crippen molar-refractivity contribution in [3.8, 4) is 5.75 Å². The number of rotatable bonds is 6. The minimum absolute atomic E-state index is 0.165. The van der Waals surface area contributed by atoms with Gasteiger partial charge >= 0.3 is 0 Å². The monoisotopic (exact) mass is 487 g/mol. The number of hydrogen-bond acceptors (Lipinski definition) is 5. The third-order valence-corrected chi connectivity index (χ3v) is 9.04. The fourth-order valence-corrected chi connectivity index (χ4v) is 7.23. The molecule has 1 amide bonds. The third kappa shape index (κ3) is 4.57. The molecule has 0 saturated heterocycles. The second-order valence-corrected chi connectivity index (χ2v) is 11.5. The van der Waals surface area contributed by atoms with E-state index < -0.39 is 5.66 Å². The molecule has 1 aromatic carbocycles. The van der Waals surface area contributed by atoms with Gasteiger partial charge in [-0.25, -0.2) is 0 Å². The Bertz CT molecular complexity index is 984. The number of fused-ring (bicyclic) bond motifs is 1. The van der Waals surface area contributed by atoms with E-state index >= 15 is 0 Å². The van der Waals surface area contributed by atoms with E-state index in [0.717, 1.165) is 52.0 Å². The number of hydrogen-bond donors (Lipinski definition) is 3. The zero-order valence-corrected chi connectivity index (χ0v) is 20.9. The van der Waals surface area contributed by atoms with E-state index in [1.54, 1.807) is 18.4 Å². The molecule has 2 aliphatic carbocycles. The quantitative estimate of drug-likeness (QED) is 0.422. The topological polar surface area (TPSA) is 62.4 Å². The summed E-state index contributed by atoms with van der Waals surface area (Å²) >= 11 is 7.98. The standard InChI is InChI=1S/C26H34ClN3O2S/c1-32-19-12-13-20-21(16-19)30-26(29-20,22-14-15-23(27)33-22)24(17-8-4-2-5-9-17)25(31)28-18-10-6-3-7-11-18/h12-18,24,29-30H,2-11H2,1H3,(H,28,31). The third-order valence-electron chi connectivity index (χ3n) is 7.67. The smallest absolute Gasteiger partial charge is 0.228 e. The first-order valence-electron chi connectivity index (χ1n) is 12.4. The number of anilines is 2. The number of ether oxygens (including phenoxy) is 1. The summed E-state index contributed by atoms with van der Waals surface area (Å²) < 4.78 is 6.21. The van der Waals surface area contributed by atoms with E-state index in [0.29, 0.717) is 5.92 Å². The molecule has 3 N–H and O–H groups in total. The SMILES string of the molecule is COc1ccc2c(c1)NC(c1ccc(Cl)s1)(C(C(=O)NC1CCCCC1)C1CCCCC1)N2. The summed E-state index contributed by atoms with van der Waals surface area (Å²) in [5.41, 5.74) is 1.23. The number of benzene rings is 1. The minimum Gasteiger partial charge on any atom is -0.497 e. The van der Waals surface area contributed by atoms with E-state index in [2.05, 4.69) is 22.0 Å². The fourth-order valence-electron chi connectivity index (χ4n) is 6.05. The summed E-state index contributed by atoms with van der Waals surface area (Å²) in [5, 5.41) is 11.0. The van der Waals surface area contributed by atoms with Gasteiger partial charge in [0.1, 0.15) is 5.75 Å². The normalized spacial score (nSPS) is 24.4. The molecule has 5 nitrogen and oxygen atoms in total. The molecule has 1 aliphatic heterocycles. The van der Waals surface area contributed by atoms with Gasteiger partial charge in [0.2, 0.25) is 5.91 Å². The number of carbonyl (C=O) groups excluding carboxylic acids is 1. The fraction of sp³-hybridized carbons (Fsp3) is 0.577. The van der Waals surface area contributed by atoms with E-state index in [1.165, 1.54) is 38.5 Å². The molecule has 2 atom stereocenters. The van der Waals surface area contributed by atoms with Crippen molar-refractivity contribution in [2.75, 3.05) is 17.7 Å². The van der Waals surface area contributed by atoms with Crippen molar-refractivity contribution >= 4 is 40.2 Å². The number of methoxy groups -OCH3 is 1. The van der Waals surface area contributed by atoms with Crippen molar-refractivity contribution in [3.05, 3.63) is 39.5 Å². The van der Waals surface area contributed by atoms with Crippen LogP contribution in [0, 0.1) is 11.8 Å². The number of amides is 1. The van der Waals surface area contributed by atoms with Crippen molar-refractivity contribution in [2.45, 2.75) is 75.9 Å². The minimum atomic E-state index is -0.729. The molecule has 2 fully saturated rings. The Morgan fingerprint density at radius 3 is 2.39 bits per heavy atom. The number of nitrogens with one attached hydrogen (secondary N) is 3. The van der Waals surface area contributed by atoms with Crippen LogP contribution in [-0.2, 0) is 10.5 Å². The van der Waals surface area contributed by atoms with E-state index in [4.69, 9.17) is 16.3 Å². The van der Waals surface area contributed by atoms with Crippen LogP contribution in [-0.4, -0.2) is 19.1 Å². The summed E-state index contributed by atoms with van der Waals surface area (Å²) in [4.78, 5) is 15.2. The lowest BCUT2D eigenvalue weighted by molar-refractivity contribution is -0.130. The van der Waals surface area contributed by atoms with Gasteiger partial charge in [0.15, 0.2) is 5.66 Å². The van der Waals surface area contributed by atoms with Crippen LogP contribution in [0.25, 0.3) is 0 Å². The zero-order valence-electron chi connectivity index (χ0n) is 19.3. The summed E-state index contributed by atoms with van der Waals surface area (Å²) in [6.45, 7) is 0. The predicted molar refractivity (Wildman–Crippen MR) is 136 cm³/mol. The Balaban J connectivity index is 1.55. The molecule has 2 aromatic rings. The summed E-state index contributed by atoms with van der Waals surface area (Å²) in [6.07, 6.45) is 11.6. The molecule has 0 bridgehead atoms. The van der Waals surface area contributed by atoms with Crippen molar-refractivity contribution in [1.82, 2.24) is 5.32 Å². The number of halogens is 1. The summed E-state index contributed by atoms with van der Waals surface area (Å²) in [7, 11) is 1.68. The lowest BCUT2D eigenvalue weighted by atomic mass is 9.72. The molecule has 178 valence electrons. The maximum Gasteiger partial charge on any atom is 0.228 e. The molecule has 2 saturated carbocycles. The van der Waals surface area contributed by atoms with E-state index in [1.807, 2.05) is 24.3 Å². The molecule has 2 heterocycles. The Hall–Kier alpha value is -1.92. The molecular weight excluding hydrogens is 454 g/mol. The van der Waals surface area contributed by atoms with Gasteiger partial charge in [-0.1, -0.05) is 50.1 Å². The number of carbonyl (C=O) groups is 1. The zero-order chi connectivity index (χ0) is 22.8. The Morgan fingerprint density at radius 1 is 1.03 bits per heavy atom. The van der Waals surface area contributed by atoms with Gasteiger partial charge in [-0.2, -0.15) is 0 Å². The van der Waals surface area contributed by atoms with Crippen molar-refractivity contribution in [2.24, 2.45) is 11.8 Å². The Morgan fingerprint density at radius 2 is 1.73 bits per heavy atom. The van der Waals surface area contributed by atoms with Gasteiger partial charge in [-0.15, -0.1) is 11.3 Å². The van der Waals surface area contributed by atoms with Crippen LogP contribution in [0.3, 0.4) is 0 Å². The molecule has 7 heteroatoms. The Kier molecular flexibility index (Phi) is 6.75. The molecule has 1 aromatic heterocycles. The van der Waals surface area contributed by atoms with Crippen LogP contribution >= 0.6 is 22.9 Å². The van der Waals surface area contributed by atoms with Gasteiger partial charge in [-0.3, -0.25) is 4.79 Å². The molecule has 3 aliphatic rings. The van der Waals surface area contributed by atoms with Gasteiger partial charge in [0.25, 0.3) is 0 Å². The average Bonchev–Trinajstić information content (AvgIpc) is 3.44. The van der Waals surface area contributed by atoms with Gasteiger partial charge < -0.3 is 20.7 Å². The molecule has 0 radical (unpaired) electrons. The van der Waals surface area contributed by atoms with Gasteiger partial charge in [0, 0.05) is 12.1 Å². The van der Waals surface area contributed by atoms with Crippen LogP contribution in [0.15, 0.2) is 30.3 Å². The summed E-state index contributed by atoms with van der Waals surface area (Å²) in [5.74, 6) is 1.02. The largest absolute Gasteiger partial charge is 0.497 e. The van der Waals surface area contributed by atoms with Gasteiger partial charge in [-0.05, 0) is 55.9 Å².